The number of carboxylic acid groups (broad SMARTS) is 1. The molecule has 6 nitrogen and oxygen atoms in total. The van der Waals surface area contributed by atoms with E-state index in [1.54, 1.807) is 0 Å². The zero-order valence-corrected chi connectivity index (χ0v) is 8.64. The molecule has 0 aromatic heterocycles. The molecule has 0 saturated carbocycles. The van der Waals surface area contributed by atoms with E-state index in [1.165, 1.54) is 6.08 Å². The van der Waals surface area contributed by atoms with Crippen LogP contribution < -0.4 is 5.32 Å². The summed E-state index contributed by atoms with van der Waals surface area (Å²) in [5, 5.41) is 21.9. The van der Waals surface area contributed by atoms with Crippen LogP contribution in [0.3, 0.4) is 0 Å². The number of nitrogens with zero attached hydrogens (tertiary/aromatic N) is 1. The fourth-order valence-electron chi connectivity index (χ4n) is 1.20. The second-order valence-electron chi connectivity index (χ2n) is 3.08. The Hall–Kier alpha value is -2.44. The number of hydrogen-bond donors (Lipinski definition) is 2. The molecule has 0 aliphatic heterocycles. The Morgan fingerprint density at radius 1 is 1.65 bits per heavy atom. The molecule has 0 fully saturated rings. The van der Waals surface area contributed by atoms with Gasteiger partial charge in [-0.2, -0.15) is 0 Å². The number of hydrogen-bond acceptors (Lipinski definition) is 4. The lowest BCUT2D eigenvalue weighted by Gasteiger charge is -2.06. The van der Waals surface area contributed by atoms with Crippen molar-refractivity contribution in [3.05, 3.63) is 46.3 Å². The van der Waals surface area contributed by atoms with Crippen LogP contribution in [0.4, 0.5) is 15.8 Å². The Kier molecular flexibility index (Phi) is 3.76. The van der Waals surface area contributed by atoms with Crippen molar-refractivity contribution < 1.29 is 19.2 Å². The number of halogens is 1. The molecule has 90 valence electrons. The number of aromatic carboxylic acids is 1. The van der Waals surface area contributed by atoms with Crippen LogP contribution in [0.2, 0.25) is 0 Å². The second kappa shape index (κ2) is 5.06. The highest BCUT2D eigenvalue weighted by molar-refractivity contribution is 5.90. The Morgan fingerprint density at radius 2 is 2.29 bits per heavy atom. The maximum absolute atomic E-state index is 13.3. The Labute approximate surface area is 95.5 Å². The lowest BCUT2D eigenvalue weighted by molar-refractivity contribution is -0.384. The molecule has 0 heterocycles. The van der Waals surface area contributed by atoms with Crippen LogP contribution >= 0.6 is 0 Å². The molecule has 1 aromatic carbocycles. The number of rotatable bonds is 5. The van der Waals surface area contributed by atoms with Crippen molar-refractivity contribution in [2.24, 2.45) is 0 Å². The molecule has 0 aliphatic carbocycles. The number of carbonyl (C=O) groups is 1. The van der Waals surface area contributed by atoms with E-state index in [0.717, 1.165) is 6.07 Å². The summed E-state index contributed by atoms with van der Waals surface area (Å²) in [6, 6.07) is 1.47. The van der Waals surface area contributed by atoms with Gasteiger partial charge in [0.15, 0.2) is 0 Å². The SMILES string of the molecule is C=CCNc1cc(F)c(C(=O)O)cc1[N+](=O)[O-]. The van der Waals surface area contributed by atoms with Gasteiger partial charge in [0.05, 0.1) is 4.92 Å². The molecule has 0 radical (unpaired) electrons. The van der Waals surface area contributed by atoms with Gasteiger partial charge in [-0.05, 0) is 0 Å². The average Bonchev–Trinajstić information content (AvgIpc) is 2.25. The van der Waals surface area contributed by atoms with Crippen LogP contribution in [0.5, 0.6) is 0 Å². The molecule has 0 saturated heterocycles. The minimum absolute atomic E-state index is 0.0857. The van der Waals surface area contributed by atoms with E-state index in [1.807, 2.05) is 0 Å². The Morgan fingerprint density at radius 3 is 2.76 bits per heavy atom. The molecule has 0 amide bonds. The van der Waals surface area contributed by atoms with E-state index in [-0.39, 0.29) is 12.2 Å². The van der Waals surface area contributed by atoms with E-state index < -0.39 is 28.0 Å². The number of nitrogens with one attached hydrogen (secondary N) is 1. The van der Waals surface area contributed by atoms with Gasteiger partial charge < -0.3 is 10.4 Å². The van der Waals surface area contributed by atoms with Gasteiger partial charge in [-0.15, -0.1) is 6.58 Å². The van der Waals surface area contributed by atoms with Crippen LogP contribution in [0.15, 0.2) is 24.8 Å². The first kappa shape index (κ1) is 12.6. The molecular weight excluding hydrogens is 231 g/mol. The van der Waals surface area contributed by atoms with E-state index in [2.05, 4.69) is 11.9 Å². The minimum atomic E-state index is -1.55. The summed E-state index contributed by atoms with van der Waals surface area (Å²) in [5.74, 6) is -2.59. The zero-order valence-electron chi connectivity index (χ0n) is 8.64. The monoisotopic (exact) mass is 240 g/mol. The molecule has 17 heavy (non-hydrogen) atoms. The molecule has 0 aliphatic rings. The lowest BCUT2D eigenvalue weighted by atomic mass is 10.1. The van der Waals surface area contributed by atoms with Crippen molar-refractivity contribution >= 4 is 17.3 Å². The fraction of sp³-hybridized carbons (Fsp3) is 0.100. The quantitative estimate of drug-likeness (QED) is 0.466. The third-order valence-corrected chi connectivity index (χ3v) is 1.95. The van der Waals surface area contributed by atoms with Crippen LogP contribution in [-0.4, -0.2) is 22.5 Å². The van der Waals surface area contributed by atoms with E-state index in [4.69, 9.17) is 5.11 Å². The average molecular weight is 240 g/mol. The number of nitro benzene ring substituents is 1. The highest BCUT2D eigenvalue weighted by Crippen LogP contribution is 2.27. The highest BCUT2D eigenvalue weighted by atomic mass is 19.1. The van der Waals surface area contributed by atoms with Crippen LogP contribution in [0.1, 0.15) is 10.4 Å². The van der Waals surface area contributed by atoms with Crippen LogP contribution in [0.25, 0.3) is 0 Å². The molecule has 0 spiro atoms. The number of anilines is 1. The summed E-state index contributed by atoms with van der Waals surface area (Å²) in [7, 11) is 0. The van der Waals surface area contributed by atoms with Gasteiger partial charge in [-0.3, -0.25) is 10.1 Å². The van der Waals surface area contributed by atoms with E-state index in [9.17, 15) is 19.3 Å². The molecule has 7 heteroatoms. The Balaban J connectivity index is 3.30. The first-order valence-electron chi connectivity index (χ1n) is 4.53. The van der Waals surface area contributed by atoms with Gasteiger partial charge in [0.25, 0.3) is 5.69 Å². The minimum Gasteiger partial charge on any atom is -0.478 e. The Bertz CT molecular complexity index is 487. The first-order chi connectivity index (χ1) is 7.97. The molecule has 1 rings (SSSR count). The first-order valence-corrected chi connectivity index (χ1v) is 4.53. The van der Waals surface area contributed by atoms with Crippen molar-refractivity contribution in [3.63, 3.8) is 0 Å². The smallest absolute Gasteiger partial charge is 0.338 e. The highest BCUT2D eigenvalue weighted by Gasteiger charge is 2.21. The number of carboxylic acids is 1. The van der Waals surface area contributed by atoms with Crippen molar-refractivity contribution in [1.29, 1.82) is 0 Å². The largest absolute Gasteiger partial charge is 0.478 e. The zero-order chi connectivity index (χ0) is 13.0. The number of benzene rings is 1. The normalized spacial score (nSPS) is 9.71. The van der Waals surface area contributed by atoms with Crippen LogP contribution in [-0.2, 0) is 0 Å². The number of nitro groups is 1. The van der Waals surface area contributed by atoms with Gasteiger partial charge in [-0.25, -0.2) is 9.18 Å². The summed E-state index contributed by atoms with van der Waals surface area (Å²) < 4.78 is 13.3. The molecule has 2 N–H and O–H groups in total. The molecule has 1 aromatic rings. The predicted octanol–water partition coefficient (Wildman–Crippen LogP) is 2.03. The topological polar surface area (TPSA) is 92.5 Å². The third-order valence-electron chi connectivity index (χ3n) is 1.95. The van der Waals surface area contributed by atoms with Gasteiger partial charge in [0, 0.05) is 18.7 Å². The van der Waals surface area contributed by atoms with Crippen molar-refractivity contribution in [2.45, 2.75) is 0 Å². The fourth-order valence-corrected chi connectivity index (χ4v) is 1.20. The second-order valence-corrected chi connectivity index (χ2v) is 3.08. The summed E-state index contributed by atoms with van der Waals surface area (Å²) in [4.78, 5) is 20.5. The van der Waals surface area contributed by atoms with E-state index >= 15 is 0 Å². The van der Waals surface area contributed by atoms with Crippen molar-refractivity contribution in [2.75, 3.05) is 11.9 Å². The lowest BCUT2D eigenvalue weighted by Crippen LogP contribution is -2.07. The summed E-state index contributed by atoms with van der Waals surface area (Å²) in [6.45, 7) is 3.60. The van der Waals surface area contributed by atoms with Crippen molar-refractivity contribution in [3.8, 4) is 0 Å². The van der Waals surface area contributed by atoms with Crippen molar-refractivity contribution in [1.82, 2.24) is 0 Å². The maximum Gasteiger partial charge on any atom is 0.338 e. The standard InChI is InChI=1S/C10H9FN2O4/c1-2-3-12-8-5-7(11)6(10(14)15)4-9(8)13(16)17/h2,4-5,12H,1,3H2,(H,14,15). The molecular formula is C10H9FN2O4. The van der Waals surface area contributed by atoms with Crippen LogP contribution in [0, 0.1) is 15.9 Å². The summed E-state index contributed by atoms with van der Waals surface area (Å²) in [6.07, 6.45) is 1.44. The predicted molar refractivity (Wildman–Crippen MR) is 58.7 cm³/mol. The van der Waals surface area contributed by atoms with E-state index in [0.29, 0.717) is 6.07 Å². The molecule has 0 bridgehead atoms. The van der Waals surface area contributed by atoms with Gasteiger partial charge in [0.1, 0.15) is 17.1 Å². The van der Waals surface area contributed by atoms with Gasteiger partial charge in [0.2, 0.25) is 0 Å². The van der Waals surface area contributed by atoms with Gasteiger partial charge >= 0.3 is 5.97 Å². The maximum atomic E-state index is 13.3. The molecule has 0 atom stereocenters. The summed E-state index contributed by atoms with van der Waals surface area (Å²) in [5.41, 5.74) is -1.32. The molecule has 0 unspecified atom stereocenters. The van der Waals surface area contributed by atoms with Gasteiger partial charge in [-0.1, -0.05) is 6.08 Å². The summed E-state index contributed by atoms with van der Waals surface area (Å²) >= 11 is 0. The third kappa shape index (κ3) is 2.77.